The first kappa shape index (κ1) is 20.2. The second-order valence-corrected chi connectivity index (χ2v) is 7.88. The summed E-state index contributed by atoms with van der Waals surface area (Å²) in [5.74, 6) is -0.0444. The minimum Gasteiger partial charge on any atom is -0.350 e. The van der Waals surface area contributed by atoms with Gasteiger partial charge in [-0.25, -0.2) is 0 Å². The molecule has 1 heterocycles. The molecule has 1 aromatic heterocycles. The number of benzene rings is 3. The van der Waals surface area contributed by atoms with Gasteiger partial charge in [-0.3, -0.25) is 9.48 Å². The van der Waals surface area contributed by atoms with Gasteiger partial charge in [-0.05, 0) is 37.1 Å². The topological polar surface area (TPSA) is 46.9 Å². The molecule has 3 aromatic carbocycles. The van der Waals surface area contributed by atoms with Crippen molar-refractivity contribution in [3.05, 3.63) is 88.9 Å². The Morgan fingerprint density at radius 3 is 2.50 bits per heavy atom. The van der Waals surface area contributed by atoms with Gasteiger partial charge in [-0.1, -0.05) is 78.7 Å². The van der Waals surface area contributed by atoms with Crippen molar-refractivity contribution in [1.29, 1.82) is 0 Å². The molecular weight excluding hydrogens is 394 g/mol. The molecular formula is C25H24ClN3O. The maximum absolute atomic E-state index is 13.1. The van der Waals surface area contributed by atoms with E-state index in [0.717, 1.165) is 27.7 Å². The largest absolute Gasteiger partial charge is 0.350 e. The molecule has 1 N–H and O–H groups in total. The van der Waals surface area contributed by atoms with Crippen LogP contribution in [0.15, 0.2) is 72.8 Å². The van der Waals surface area contributed by atoms with Gasteiger partial charge in [0.2, 0.25) is 5.91 Å². The van der Waals surface area contributed by atoms with E-state index in [-0.39, 0.29) is 5.91 Å². The Hall–Kier alpha value is -3.11. The first-order valence-corrected chi connectivity index (χ1v) is 10.5. The molecule has 1 unspecified atom stereocenters. The van der Waals surface area contributed by atoms with Crippen molar-refractivity contribution in [2.45, 2.75) is 32.9 Å². The first-order chi connectivity index (χ1) is 14.6. The highest BCUT2D eigenvalue weighted by Crippen LogP contribution is 2.32. The second-order valence-electron chi connectivity index (χ2n) is 7.45. The third kappa shape index (κ3) is 4.10. The number of nitrogens with zero attached hydrogens (tertiary/aromatic N) is 2. The smallest absolute Gasteiger partial charge is 0.245 e. The van der Waals surface area contributed by atoms with Crippen LogP contribution in [0.5, 0.6) is 0 Å². The molecule has 0 radical (unpaired) electrons. The monoisotopic (exact) mass is 417 g/mol. The summed E-state index contributed by atoms with van der Waals surface area (Å²) in [5, 5.41) is 9.52. The van der Waals surface area contributed by atoms with Crippen molar-refractivity contribution >= 4 is 28.4 Å². The molecule has 30 heavy (non-hydrogen) atoms. The van der Waals surface area contributed by atoms with E-state index < -0.39 is 6.04 Å². The zero-order valence-electron chi connectivity index (χ0n) is 17.1. The van der Waals surface area contributed by atoms with Gasteiger partial charge in [0.25, 0.3) is 0 Å². The van der Waals surface area contributed by atoms with E-state index in [2.05, 4.69) is 24.4 Å². The van der Waals surface area contributed by atoms with Crippen molar-refractivity contribution in [2.75, 3.05) is 0 Å². The van der Waals surface area contributed by atoms with E-state index in [1.165, 1.54) is 5.56 Å². The quantitative estimate of drug-likeness (QED) is 0.422. The maximum Gasteiger partial charge on any atom is 0.245 e. The zero-order valence-corrected chi connectivity index (χ0v) is 17.9. The van der Waals surface area contributed by atoms with Crippen molar-refractivity contribution < 1.29 is 4.79 Å². The van der Waals surface area contributed by atoms with Gasteiger partial charge in [-0.15, -0.1) is 0 Å². The fraction of sp³-hybridized carbons (Fsp3) is 0.200. The Morgan fingerprint density at radius 2 is 1.80 bits per heavy atom. The van der Waals surface area contributed by atoms with Gasteiger partial charge < -0.3 is 5.32 Å². The number of hydrogen-bond donors (Lipinski definition) is 1. The molecule has 4 nitrogen and oxygen atoms in total. The fourth-order valence-electron chi connectivity index (χ4n) is 3.64. The molecule has 1 amide bonds. The predicted molar refractivity (Wildman–Crippen MR) is 123 cm³/mol. The summed E-state index contributed by atoms with van der Waals surface area (Å²) in [6.45, 7) is 4.54. The van der Waals surface area contributed by atoms with E-state index in [1.54, 1.807) is 0 Å². The number of carbonyl (C=O) groups excluding carboxylic acids is 1. The number of hydrogen-bond acceptors (Lipinski definition) is 2. The van der Waals surface area contributed by atoms with Crippen molar-refractivity contribution in [3.63, 3.8) is 0 Å². The van der Waals surface area contributed by atoms with E-state index in [9.17, 15) is 4.79 Å². The molecule has 5 heteroatoms. The number of fused-ring (bicyclic) bond motifs is 1. The Balaban J connectivity index is 1.68. The number of aromatic nitrogens is 2. The molecule has 152 valence electrons. The standard InChI is InChI=1S/C25H24ClN3O/c1-3-22(25(30)27-16-18-11-9-17(2)10-12-18)29-23-14-13-20(26)15-21(23)24(28-29)19-7-5-4-6-8-19/h4-15,22H,3,16H2,1-2H3,(H,27,30). The molecule has 0 fully saturated rings. The maximum atomic E-state index is 13.1. The van der Waals surface area contributed by atoms with Crippen molar-refractivity contribution in [2.24, 2.45) is 0 Å². The van der Waals surface area contributed by atoms with Crippen LogP contribution in [-0.2, 0) is 11.3 Å². The Bertz CT molecular complexity index is 1170. The molecule has 0 aliphatic carbocycles. The van der Waals surface area contributed by atoms with Crippen molar-refractivity contribution in [1.82, 2.24) is 15.1 Å². The molecule has 0 aliphatic heterocycles. The van der Waals surface area contributed by atoms with E-state index in [1.807, 2.05) is 72.3 Å². The van der Waals surface area contributed by atoms with Crippen molar-refractivity contribution in [3.8, 4) is 11.3 Å². The van der Waals surface area contributed by atoms with E-state index in [0.29, 0.717) is 18.0 Å². The van der Waals surface area contributed by atoms with E-state index >= 15 is 0 Å². The predicted octanol–water partition coefficient (Wildman–Crippen LogP) is 5.93. The number of halogens is 1. The van der Waals surface area contributed by atoms with Crippen LogP contribution >= 0.6 is 11.6 Å². The average molecular weight is 418 g/mol. The van der Waals surface area contributed by atoms with Crippen LogP contribution in [0, 0.1) is 6.92 Å². The van der Waals surface area contributed by atoms with Gasteiger partial charge in [0.05, 0.1) is 5.52 Å². The summed E-state index contributed by atoms with van der Waals surface area (Å²) >= 11 is 6.28. The SMILES string of the molecule is CCC(C(=O)NCc1ccc(C)cc1)n1nc(-c2ccccc2)c2cc(Cl)ccc21. The Morgan fingerprint density at radius 1 is 1.07 bits per heavy atom. The minimum absolute atomic E-state index is 0.0444. The van der Waals surface area contributed by atoms with Crippen LogP contribution in [-0.4, -0.2) is 15.7 Å². The van der Waals surface area contributed by atoms with Crippen LogP contribution in [0.25, 0.3) is 22.2 Å². The highest BCUT2D eigenvalue weighted by atomic mass is 35.5. The minimum atomic E-state index is -0.406. The second kappa shape index (κ2) is 8.72. The molecule has 0 aliphatic rings. The lowest BCUT2D eigenvalue weighted by atomic mass is 10.1. The first-order valence-electron chi connectivity index (χ1n) is 10.1. The number of aryl methyl sites for hydroxylation is 1. The summed E-state index contributed by atoms with van der Waals surface area (Å²) in [7, 11) is 0. The summed E-state index contributed by atoms with van der Waals surface area (Å²) in [4.78, 5) is 13.1. The lowest BCUT2D eigenvalue weighted by molar-refractivity contribution is -0.124. The van der Waals surface area contributed by atoms with Gasteiger partial charge in [0, 0.05) is 22.5 Å². The third-order valence-corrected chi connectivity index (χ3v) is 5.52. The van der Waals surface area contributed by atoms with Gasteiger partial charge in [0.15, 0.2) is 0 Å². The number of nitrogens with one attached hydrogen (secondary N) is 1. The van der Waals surface area contributed by atoms with Gasteiger partial charge >= 0.3 is 0 Å². The number of rotatable bonds is 6. The zero-order chi connectivity index (χ0) is 21.1. The van der Waals surface area contributed by atoms with E-state index in [4.69, 9.17) is 16.7 Å². The molecule has 0 spiro atoms. The summed E-state index contributed by atoms with van der Waals surface area (Å²) < 4.78 is 1.83. The summed E-state index contributed by atoms with van der Waals surface area (Å²) in [6, 6.07) is 23.4. The molecule has 4 rings (SSSR count). The lowest BCUT2D eigenvalue weighted by Crippen LogP contribution is -2.32. The molecule has 4 aromatic rings. The van der Waals surface area contributed by atoms with Crippen LogP contribution < -0.4 is 5.32 Å². The highest BCUT2D eigenvalue weighted by molar-refractivity contribution is 6.31. The Labute approximate surface area is 181 Å². The molecule has 1 atom stereocenters. The third-order valence-electron chi connectivity index (χ3n) is 5.29. The van der Waals surface area contributed by atoms with Gasteiger partial charge in [0.1, 0.15) is 11.7 Å². The highest BCUT2D eigenvalue weighted by Gasteiger charge is 2.23. The molecule has 0 saturated heterocycles. The molecule has 0 saturated carbocycles. The average Bonchev–Trinajstić information content (AvgIpc) is 3.13. The van der Waals surface area contributed by atoms with Crippen LogP contribution in [0.1, 0.15) is 30.5 Å². The summed E-state index contributed by atoms with van der Waals surface area (Å²) in [5.41, 5.74) is 5.00. The van der Waals surface area contributed by atoms with Crippen LogP contribution in [0.4, 0.5) is 0 Å². The molecule has 0 bridgehead atoms. The fourth-order valence-corrected chi connectivity index (χ4v) is 3.81. The Kier molecular flexibility index (Phi) is 5.86. The van der Waals surface area contributed by atoms with Crippen LogP contribution in [0.2, 0.25) is 5.02 Å². The number of carbonyl (C=O) groups is 1. The van der Waals surface area contributed by atoms with Crippen LogP contribution in [0.3, 0.4) is 0 Å². The summed E-state index contributed by atoms with van der Waals surface area (Å²) in [6.07, 6.45) is 0.632. The lowest BCUT2D eigenvalue weighted by Gasteiger charge is -2.17. The van der Waals surface area contributed by atoms with Gasteiger partial charge in [-0.2, -0.15) is 5.10 Å². The number of amides is 1. The normalized spacial score (nSPS) is 12.1.